The SMILES string of the molecule is CC(C)(C)c1ccc(N2B3c4cc5c(cc4-n4c6ccc(C(C)(C)C)cc6c6c7sc8ccccc8c7c(c3c64)-c3cc4c(cc32)oc2cc(C(C)(C)C)ccc24)sc2ccccc25)cc1. The zero-order chi connectivity index (χ0) is 44.9. The summed E-state index contributed by atoms with van der Waals surface area (Å²) in [5.74, 6) is 0. The van der Waals surface area contributed by atoms with E-state index in [1.165, 1.54) is 118 Å². The van der Waals surface area contributed by atoms with Gasteiger partial charge in [0.25, 0.3) is 0 Å². The molecule has 2 aliphatic heterocycles. The molecule has 0 N–H and O–H groups in total. The second-order valence-electron chi connectivity index (χ2n) is 22.1. The van der Waals surface area contributed by atoms with Crippen LogP contribution < -0.4 is 15.7 Å². The van der Waals surface area contributed by atoms with Crippen LogP contribution in [0.1, 0.15) is 79.0 Å². The van der Waals surface area contributed by atoms with E-state index in [1.54, 1.807) is 0 Å². The summed E-state index contributed by atoms with van der Waals surface area (Å²) in [7, 11) is 0. The van der Waals surface area contributed by atoms with Gasteiger partial charge in [0.1, 0.15) is 11.2 Å². The Morgan fingerprint density at radius 1 is 0.485 bits per heavy atom. The monoisotopic (exact) mass is 888 g/mol. The Balaban J connectivity index is 1.22. The fraction of sp³-hybridized carbons (Fsp3) is 0.200. The minimum absolute atomic E-state index is 0.000488. The van der Waals surface area contributed by atoms with E-state index in [1.807, 2.05) is 22.7 Å². The van der Waals surface area contributed by atoms with Crippen molar-refractivity contribution in [1.82, 2.24) is 4.57 Å². The van der Waals surface area contributed by atoms with E-state index in [0.717, 1.165) is 21.9 Å². The minimum Gasteiger partial charge on any atom is -0.456 e. The van der Waals surface area contributed by atoms with E-state index >= 15 is 0 Å². The van der Waals surface area contributed by atoms with Crippen molar-refractivity contribution in [1.29, 1.82) is 0 Å². The lowest BCUT2D eigenvalue weighted by atomic mass is 9.43. The number of benzene rings is 8. The highest BCUT2D eigenvalue weighted by Crippen LogP contribution is 2.54. The number of hydrogen-bond donors (Lipinski definition) is 0. The Hall–Kier alpha value is -6.34. The number of furan rings is 1. The molecule has 0 amide bonds. The van der Waals surface area contributed by atoms with Crippen LogP contribution in [0.5, 0.6) is 0 Å². The topological polar surface area (TPSA) is 21.3 Å². The summed E-state index contributed by atoms with van der Waals surface area (Å²) >= 11 is 3.87. The molecule has 320 valence electrons. The van der Waals surface area contributed by atoms with Crippen LogP contribution in [0.2, 0.25) is 0 Å². The van der Waals surface area contributed by atoms with Crippen LogP contribution in [0, 0.1) is 0 Å². The number of hydrogen-bond acceptors (Lipinski definition) is 4. The van der Waals surface area contributed by atoms with E-state index in [9.17, 15) is 0 Å². The van der Waals surface area contributed by atoms with Crippen LogP contribution in [-0.2, 0) is 16.2 Å². The first kappa shape index (κ1) is 38.9. The minimum atomic E-state index is -0.134. The summed E-state index contributed by atoms with van der Waals surface area (Å²) in [6.45, 7) is 20.7. The number of rotatable bonds is 1. The molecule has 0 saturated heterocycles. The molecule has 6 heteroatoms. The van der Waals surface area contributed by atoms with Crippen LogP contribution >= 0.6 is 22.7 Å². The van der Waals surface area contributed by atoms with Gasteiger partial charge >= 0.3 is 6.85 Å². The van der Waals surface area contributed by atoms with E-state index in [-0.39, 0.29) is 23.1 Å². The fourth-order valence-electron chi connectivity index (χ4n) is 11.6. The molecular formula is C60H49BN2OS2. The van der Waals surface area contributed by atoms with Crippen molar-refractivity contribution in [2.45, 2.75) is 78.6 Å². The van der Waals surface area contributed by atoms with Gasteiger partial charge in [-0.15, -0.1) is 22.7 Å². The quantitative estimate of drug-likeness (QED) is 0.153. The molecule has 6 heterocycles. The van der Waals surface area contributed by atoms with Gasteiger partial charge in [-0.3, -0.25) is 0 Å². The Morgan fingerprint density at radius 2 is 1.14 bits per heavy atom. The summed E-state index contributed by atoms with van der Waals surface area (Å²) in [5, 5.41) is 10.3. The van der Waals surface area contributed by atoms with Crippen LogP contribution in [-0.4, -0.2) is 11.4 Å². The molecule has 0 atom stereocenters. The maximum absolute atomic E-state index is 7.00. The number of thiophene rings is 2. The van der Waals surface area contributed by atoms with Crippen molar-refractivity contribution in [2.24, 2.45) is 0 Å². The van der Waals surface area contributed by atoms with Gasteiger partial charge in [-0.1, -0.05) is 135 Å². The maximum Gasteiger partial charge on any atom is 0.333 e. The van der Waals surface area contributed by atoms with Crippen molar-refractivity contribution < 1.29 is 4.42 Å². The number of aromatic nitrogens is 1. The summed E-state index contributed by atoms with van der Waals surface area (Å²) in [4.78, 5) is 2.68. The van der Waals surface area contributed by atoms with E-state index in [4.69, 9.17) is 4.42 Å². The van der Waals surface area contributed by atoms with Gasteiger partial charge in [-0.25, -0.2) is 0 Å². The third-order valence-electron chi connectivity index (χ3n) is 15.0. The van der Waals surface area contributed by atoms with Crippen molar-refractivity contribution in [3.8, 4) is 16.8 Å². The highest BCUT2D eigenvalue weighted by molar-refractivity contribution is 7.27. The van der Waals surface area contributed by atoms with Gasteiger partial charge in [0, 0.05) is 90.6 Å². The zero-order valence-electron chi connectivity index (χ0n) is 38.9. The molecule has 2 aliphatic rings. The summed E-state index contributed by atoms with van der Waals surface area (Å²) in [6.07, 6.45) is 0. The molecule has 0 radical (unpaired) electrons. The second kappa shape index (κ2) is 12.8. The zero-order valence-corrected chi connectivity index (χ0v) is 40.5. The molecule has 0 spiro atoms. The third kappa shape index (κ3) is 5.15. The molecule has 0 saturated carbocycles. The van der Waals surface area contributed by atoms with Crippen molar-refractivity contribution >= 4 is 136 Å². The number of fused-ring (bicyclic) bond motifs is 19. The van der Waals surface area contributed by atoms with Gasteiger partial charge in [0.2, 0.25) is 0 Å². The van der Waals surface area contributed by atoms with E-state index in [2.05, 4.69) is 205 Å². The van der Waals surface area contributed by atoms with Crippen LogP contribution in [0.3, 0.4) is 0 Å². The van der Waals surface area contributed by atoms with Gasteiger partial charge in [0.15, 0.2) is 0 Å². The summed E-state index contributed by atoms with van der Waals surface area (Å²) in [5.41, 5.74) is 17.3. The highest BCUT2D eigenvalue weighted by Gasteiger charge is 2.46. The normalized spacial score (nSPS) is 14.1. The molecule has 0 unspecified atom stereocenters. The smallest absolute Gasteiger partial charge is 0.333 e. The van der Waals surface area contributed by atoms with Crippen molar-refractivity contribution in [2.75, 3.05) is 4.81 Å². The molecule has 12 aromatic rings. The second-order valence-corrected chi connectivity index (χ2v) is 24.3. The van der Waals surface area contributed by atoms with Crippen molar-refractivity contribution in [3.05, 3.63) is 150 Å². The average Bonchev–Trinajstić information content (AvgIpc) is 4.04. The van der Waals surface area contributed by atoms with Crippen LogP contribution in [0.4, 0.5) is 11.4 Å². The first-order valence-corrected chi connectivity index (χ1v) is 25.1. The molecule has 0 bridgehead atoms. The predicted molar refractivity (Wildman–Crippen MR) is 289 cm³/mol. The Bertz CT molecular complexity index is 4120. The third-order valence-corrected chi connectivity index (χ3v) is 17.3. The summed E-state index contributed by atoms with van der Waals surface area (Å²) < 4.78 is 15.0. The van der Waals surface area contributed by atoms with Crippen molar-refractivity contribution in [3.63, 3.8) is 0 Å². The molecule has 14 rings (SSSR count). The van der Waals surface area contributed by atoms with Crippen LogP contribution in [0.25, 0.3) is 101 Å². The molecule has 8 aromatic carbocycles. The Labute approximate surface area is 393 Å². The lowest BCUT2D eigenvalue weighted by molar-refractivity contribution is 0.587. The lowest BCUT2D eigenvalue weighted by Gasteiger charge is -2.42. The molecule has 3 nitrogen and oxygen atoms in total. The molecular weight excluding hydrogens is 840 g/mol. The van der Waals surface area contributed by atoms with Crippen LogP contribution in [0.15, 0.2) is 138 Å². The molecule has 66 heavy (non-hydrogen) atoms. The maximum atomic E-state index is 7.00. The van der Waals surface area contributed by atoms with Gasteiger partial charge in [0.05, 0.1) is 11.0 Å². The molecule has 0 fully saturated rings. The van der Waals surface area contributed by atoms with Gasteiger partial charge in [-0.2, -0.15) is 0 Å². The Morgan fingerprint density at radius 3 is 1.88 bits per heavy atom. The fourth-order valence-corrected chi connectivity index (χ4v) is 14.0. The number of nitrogens with zero attached hydrogens (tertiary/aromatic N) is 2. The predicted octanol–water partition coefficient (Wildman–Crippen LogP) is 16.5. The highest BCUT2D eigenvalue weighted by atomic mass is 32.1. The first-order valence-electron chi connectivity index (χ1n) is 23.4. The molecule has 0 aliphatic carbocycles. The lowest BCUT2D eigenvalue weighted by Crippen LogP contribution is -2.60. The van der Waals surface area contributed by atoms with Gasteiger partial charge in [-0.05, 0) is 104 Å². The van der Waals surface area contributed by atoms with Gasteiger partial charge < -0.3 is 13.8 Å². The first-order chi connectivity index (χ1) is 31.6. The Kier molecular flexibility index (Phi) is 7.52. The summed E-state index contributed by atoms with van der Waals surface area (Å²) in [6, 6.07) is 51.7. The molecule has 4 aromatic heterocycles. The van der Waals surface area contributed by atoms with E-state index in [0.29, 0.717) is 0 Å². The van der Waals surface area contributed by atoms with E-state index < -0.39 is 0 Å². The number of anilines is 2. The average molecular weight is 889 g/mol. The standard InChI is InChI=1S/C60H49BN2OS2/c1-58(2,3)32-18-22-35(23-19-32)63-45-30-48-39(36-24-20-34(60(7,8)9)27-47(36)64-48)28-42(45)52-53-38-15-11-13-17-50(38)66-57(53)54-41-26-33(59(4,5)6)21-25-44(41)62-46-31-51-40(37-14-10-12-16-49(37)65-51)29-43(46)61(63)55(52)56(54)62/h10-31H,1-9H3. The largest absolute Gasteiger partial charge is 0.456 e.